The fraction of sp³-hybridized carbons (Fsp3) is 0.417. The van der Waals surface area contributed by atoms with Crippen LogP contribution in [-0.2, 0) is 10.0 Å². The Morgan fingerprint density at radius 1 is 1.50 bits per heavy atom. The van der Waals surface area contributed by atoms with Gasteiger partial charge in [-0.15, -0.1) is 0 Å². The maximum Gasteiger partial charge on any atom is 0.240 e. The molecule has 4 nitrogen and oxygen atoms in total. The van der Waals surface area contributed by atoms with Crippen molar-refractivity contribution in [2.45, 2.75) is 37.6 Å². The van der Waals surface area contributed by atoms with Gasteiger partial charge in [-0.1, -0.05) is 13.3 Å². The highest BCUT2D eigenvalue weighted by Gasteiger charge is 2.18. The second-order valence-electron chi connectivity index (χ2n) is 4.06. The lowest BCUT2D eigenvalue weighted by atomic mass is 10.2. The number of hydrogen-bond donors (Lipinski definition) is 1. The molecule has 0 saturated heterocycles. The standard InChI is InChI=1S/C12H15FN2O2S/c1-3-4-9(2)15-18(16,17)11-5-6-12(13)10(7-11)8-14/h5-7,9,15H,3-4H2,1-2H3. The third-order valence-electron chi connectivity index (χ3n) is 2.45. The van der Waals surface area contributed by atoms with Gasteiger partial charge in [0.05, 0.1) is 10.5 Å². The van der Waals surface area contributed by atoms with E-state index in [1.165, 1.54) is 0 Å². The normalized spacial score (nSPS) is 13.0. The maximum absolute atomic E-state index is 13.1. The van der Waals surface area contributed by atoms with Crippen LogP contribution in [0.3, 0.4) is 0 Å². The highest BCUT2D eigenvalue weighted by atomic mass is 32.2. The van der Waals surface area contributed by atoms with E-state index in [2.05, 4.69) is 4.72 Å². The summed E-state index contributed by atoms with van der Waals surface area (Å²) in [5.74, 6) is -0.724. The van der Waals surface area contributed by atoms with Gasteiger partial charge in [0.2, 0.25) is 10.0 Å². The molecule has 1 N–H and O–H groups in total. The molecule has 98 valence electrons. The molecule has 0 aliphatic rings. The number of nitrogens with zero attached hydrogens (tertiary/aromatic N) is 1. The Bertz CT molecular complexity index is 564. The van der Waals surface area contributed by atoms with E-state index < -0.39 is 15.8 Å². The first-order valence-corrected chi connectivity index (χ1v) is 7.11. The van der Waals surface area contributed by atoms with E-state index in [4.69, 9.17) is 5.26 Å². The molecule has 6 heteroatoms. The lowest BCUT2D eigenvalue weighted by Gasteiger charge is -2.13. The summed E-state index contributed by atoms with van der Waals surface area (Å²) in [5, 5.41) is 8.67. The molecule has 1 rings (SSSR count). The molecule has 1 unspecified atom stereocenters. The molecule has 1 aromatic carbocycles. The van der Waals surface area contributed by atoms with Crippen molar-refractivity contribution in [3.8, 4) is 6.07 Å². The van der Waals surface area contributed by atoms with E-state index in [1.807, 2.05) is 6.92 Å². The van der Waals surface area contributed by atoms with Crippen molar-refractivity contribution in [2.24, 2.45) is 0 Å². The van der Waals surface area contributed by atoms with Gasteiger partial charge in [-0.05, 0) is 31.5 Å². The Morgan fingerprint density at radius 2 is 2.17 bits per heavy atom. The summed E-state index contributed by atoms with van der Waals surface area (Å²) in [6.07, 6.45) is 1.57. The minimum absolute atomic E-state index is 0.0941. The molecule has 0 aliphatic heterocycles. The monoisotopic (exact) mass is 270 g/mol. The van der Waals surface area contributed by atoms with Crippen molar-refractivity contribution in [3.63, 3.8) is 0 Å². The van der Waals surface area contributed by atoms with E-state index >= 15 is 0 Å². The molecule has 0 saturated carbocycles. The predicted octanol–water partition coefficient (Wildman–Crippen LogP) is 2.16. The van der Waals surface area contributed by atoms with Crippen LogP contribution < -0.4 is 4.72 Å². The Hall–Kier alpha value is -1.45. The Morgan fingerprint density at radius 3 is 2.72 bits per heavy atom. The summed E-state index contributed by atoms with van der Waals surface area (Å²) in [6, 6.07) is 4.59. The number of hydrogen-bond acceptors (Lipinski definition) is 3. The van der Waals surface area contributed by atoms with Crippen molar-refractivity contribution in [1.82, 2.24) is 4.72 Å². The summed E-state index contributed by atoms with van der Waals surface area (Å²) in [4.78, 5) is -0.0941. The first-order chi connectivity index (χ1) is 8.40. The van der Waals surface area contributed by atoms with Crippen LogP contribution >= 0.6 is 0 Å². The van der Waals surface area contributed by atoms with Gasteiger partial charge in [-0.3, -0.25) is 0 Å². The lowest BCUT2D eigenvalue weighted by molar-refractivity contribution is 0.543. The van der Waals surface area contributed by atoms with Gasteiger partial charge in [-0.2, -0.15) is 5.26 Å². The number of nitrogens with one attached hydrogen (secondary N) is 1. The minimum Gasteiger partial charge on any atom is -0.208 e. The van der Waals surface area contributed by atoms with Crippen molar-refractivity contribution in [1.29, 1.82) is 5.26 Å². The van der Waals surface area contributed by atoms with Gasteiger partial charge in [0.25, 0.3) is 0 Å². The molecular formula is C12H15FN2O2S. The number of sulfonamides is 1. The zero-order valence-electron chi connectivity index (χ0n) is 10.3. The highest BCUT2D eigenvalue weighted by molar-refractivity contribution is 7.89. The Kier molecular flexibility index (Phi) is 4.82. The van der Waals surface area contributed by atoms with E-state index in [0.717, 1.165) is 24.6 Å². The second-order valence-corrected chi connectivity index (χ2v) is 5.78. The third-order valence-corrected chi connectivity index (χ3v) is 4.03. The number of benzene rings is 1. The fourth-order valence-electron chi connectivity index (χ4n) is 1.58. The largest absolute Gasteiger partial charge is 0.240 e. The minimum atomic E-state index is -3.70. The average molecular weight is 270 g/mol. The summed E-state index contributed by atoms with van der Waals surface area (Å²) in [5.41, 5.74) is -0.277. The van der Waals surface area contributed by atoms with Gasteiger partial charge < -0.3 is 0 Å². The van der Waals surface area contributed by atoms with Crippen LogP contribution in [0.5, 0.6) is 0 Å². The van der Waals surface area contributed by atoms with Crippen LogP contribution in [-0.4, -0.2) is 14.5 Å². The van der Waals surface area contributed by atoms with Gasteiger partial charge in [0.1, 0.15) is 11.9 Å². The smallest absolute Gasteiger partial charge is 0.208 e. The zero-order valence-corrected chi connectivity index (χ0v) is 11.1. The SMILES string of the molecule is CCCC(C)NS(=O)(=O)c1ccc(F)c(C#N)c1. The van der Waals surface area contributed by atoms with Crippen molar-refractivity contribution in [2.75, 3.05) is 0 Å². The zero-order chi connectivity index (χ0) is 13.8. The van der Waals surface area contributed by atoms with E-state index in [-0.39, 0.29) is 16.5 Å². The highest BCUT2D eigenvalue weighted by Crippen LogP contribution is 2.15. The first-order valence-electron chi connectivity index (χ1n) is 5.62. The molecular weight excluding hydrogens is 255 g/mol. The summed E-state index contributed by atoms with van der Waals surface area (Å²) < 4.78 is 39.5. The molecule has 0 radical (unpaired) electrons. The molecule has 1 atom stereocenters. The summed E-state index contributed by atoms with van der Waals surface area (Å²) >= 11 is 0. The van der Waals surface area contributed by atoms with Crippen LogP contribution in [0.25, 0.3) is 0 Å². The van der Waals surface area contributed by atoms with Gasteiger partial charge in [0, 0.05) is 6.04 Å². The molecule has 0 bridgehead atoms. The average Bonchev–Trinajstić information content (AvgIpc) is 2.28. The first kappa shape index (κ1) is 14.6. The second kappa shape index (κ2) is 5.94. The van der Waals surface area contributed by atoms with Gasteiger partial charge in [0.15, 0.2) is 0 Å². The van der Waals surface area contributed by atoms with E-state index in [1.54, 1.807) is 13.0 Å². The lowest BCUT2D eigenvalue weighted by Crippen LogP contribution is -2.32. The van der Waals surface area contributed by atoms with Crippen LogP contribution in [0.4, 0.5) is 4.39 Å². The van der Waals surface area contributed by atoms with Crippen LogP contribution in [0.15, 0.2) is 23.1 Å². The van der Waals surface area contributed by atoms with Crippen LogP contribution in [0.2, 0.25) is 0 Å². The molecule has 0 amide bonds. The molecule has 1 aromatic rings. The topological polar surface area (TPSA) is 70.0 Å². The number of rotatable bonds is 5. The number of nitriles is 1. The van der Waals surface area contributed by atoms with Crippen molar-refractivity contribution < 1.29 is 12.8 Å². The van der Waals surface area contributed by atoms with Crippen molar-refractivity contribution in [3.05, 3.63) is 29.6 Å². The fourth-order valence-corrected chi connectivity index (χ4v) is 2.89. The quantitative estimate of drug-likeness (QED) is 0.891. The number of halogens is 1. The Balaban J connectivity index is 3.03. The van der Waals surface area contributed by atoms with Gasteiger partial charge >= 0.3 is 0 Å². The molecule has 0 aliphatic carbocycles. The third kappa shape index (κ3) is 3.52. The molecule has 0 aromatic heterocycles. The molecule has 0 spiro atoms. The summed E-state index contributed by atoms with van der Waals surface area (Å²) in [6.45, 7) is 3.71. The van der Waals surface area contributed by atoms with E-state index in [9.17, 15) is 12.8 Å². The Labute approximate surface area is 106 Å². The van der Waals surface area contributed by atoms with Crippen LogP contribution in [0.1, 0.15) is 32.3 Å². The van der Waals surface area contributed by atoms with E-state index in [0.29, 0.717) is 6.42 Å². The van der Waals surface area contributed by atoms with Gasteiger partial charge in [-0.25, -0.2) is 17.5 Å². The molecule has 0 heterocycles. The van der Waals surface area contributed by atoms with Crippen molar-refractivity contribution >= 4 is 10.0 Å². The van der Waals surface area contributed by atoms with Crippen LogP contribution in [0, 0.1) is 17.1 Å². The molecule has 0 fully saturated rings. The maximum atomic E-state index is 13.1. The predicted molar refractivity (Wildman–Crippen MR) is 65.8 cm³/mol. The molecule has 18 heavy (non-hydrogen) atoms. The summed E-state index contributed by atoms with van der Waals surface area (Å²) in [7, 11) is -3.70.